The number of esters is 1. The molecule has 0 spiro atoms. The van der Waals surface area contributed by atoms with Crippen molar-refractivity contribution in [3.63, 3.8) is 0 Å². The van der Waals surface area contributed by atoms with Crippen molar-refractivity contribution in [2.45, 2.75) is 10.6 Å². The molecule has 0 fully saturated rings. The summed E-state index contributed by atoms with van der Waals surface area (Å²) in [6.45, 7) is 0. The summed E-state index contributed by atoms with van der Waals surface area (Å²) in [5.41, 5.74) is 0.642. The van der Waals surface area contributed by atoms with E-state index < -0.39 is 15.8 Å². The number of rotatable bonds is 4. The van der Waals surface area contributed by atoms with Crippen molar-refractivity contribution in [1.29, 1.82) is 0 Å². The van der Waals surface area contributed by atoms with E-state index in [-0.39, 0.29) is 16.2 Å². The molecule has 1 heterocycles. The number of carbonyl (C=O) groups is 1. The highest BCUT2D eigenvalue weighted by Gasteiger charge is 2.17. The Hall–Kier alpha value is -1.73. The molecule has 0 N–H and O–H groups in total. The normalized spacial score (nSPS) is 11.1. The first kappa shape index (κ1) is 15.7. The molecule has 0 atom stereocenters. The first-order chi connectivity index (χ1) is 9.92. The molecule has 1 aromatic heterocycles. The largest absolute Gasteiger partial charge is 0.465 e. The lowest BCUT2D eigenvalue weighted by atomic mass is 10.2. The number of benzene rings is 1. The van der Waals surface area contributed by atoms with E-state index in [0.717, 1.165) is 0 Å². The molecule has 0 amide bonds. The third kappa shape index (κ3) is 3.89. The minimum absolute atomic E-state index is 0.218. The van der Waals surface area contributed by atoms with Crippen molar-refractivity contribution >= 4 is 31.7 Å². The zero-order valence-electron chi connectivity index (χ0n) is 11.1. The predicted molar refractivity (Wildman–Crippen MR) is 80.6 cm³/mol. The number of sulfone groups is 1. The van der Waals surface area contributed by atoms with Crippen LogP contribution in [0.3, 0.4) is 0 Å². The van der Waals surface area contributed by atoms with Gasteiger partial charge < -0.3 is 4.74 Å². The van der Waals surface area contributed by atoms with Gasteiger partial charge in [0.15, 0.2) is 9.84 Å². The molecule has 0 saturated heterocycles. The first-order valence-electron chi connectivity index (χ1n) is 5.94. The number of ether oxygens (including phenoxy) is 1. The molecule has 0 aliphatic rings. The van der Waals surface area contributed by atoms with Crippen LogP contribution in [0.4, 0.5) is 0 Å². The summed E-state index contributed by atoms with van der Waals surface area (Å²) in [4.78, 5) is 15.5. The van der Waals surface area contributed by atoms with Crippen LogP contribution in [-0.4, -0.2) is 26.5 Å². The van der Waals surface area contributed by atoms with Crippen LogP contribution in [0.25, 0.3) is 0 Å². The molecule has 0 unspecified atom stereocenters. The van der Waals surface area contributed by atoms with Gasteiger partial charge in [0.2, 0.25) is 0 Å². The second-order valence-electron chi connectivity index (χ2n) is 4.25. The van der Waals surface area contributed by atoms with Crippen molar-refractivity contribution < 1.29 is 17.9 Å². The molecule has 0 bridgehead atoms. The topological polar surface area (TPSA) is 73.3 Å². The zero-order chi connectivity index (χ0) is 15.5. The van der Waals surface area contributed by atoms with Gasteiger partial charge in [-0.05, 0) is 30.3 Å². The molecular formula is C14H12BrNO4S. The van der Waals surface area contributed by atoms with Gasteiger partial charge >= 0.3 is 5.97 Å². The summed E-state index contributed by atoms with van der Waals surface area (Å²) in [5, 5.41) is 0. The number of aromatic nitrogens is 1. The molecular weight excluding hydrogens is 358 g/mol. The van der Waals surface area contributed by atoms with E-state index in [2.05, 4.69) is 25.7 Å². The highest BCUT2D eigenvalue weighted by molar-refractivity contribution is 9.10. The van der Waals surface area contributed by atoms with E-state index in [1.165, 1.54) is 37.6 Å². The Morgan fingerprint density at radius 1 is 1.29 bits per heavy atom. The van der Waals surface area contributed by atoms with E-state index in [0.29, 0.717) is 10.2 Å². The van der Waals surface area contributed by atoms with Crippen molar-refractivity contribution in [2.75, 3.05) is 7.11 Å². The maximum atomic E-state index is 12.3. The SMILES string of the molecule is COC(=O)c1ccc(CS(=O)(=O)c2cccc(Br)c2)nc1. The second kappa shape index (κ2) is 6.36. The van der Waals surface area contributed by atoms with Crippen LogP contribution in [0.5, 0.6) is 0 Å². The van der Waals surface area contributed by atoms with E-state index in [4.69, 9.17) is 0 Å². The Bertz CT molecular complexity index is 757. The van der Waals surface area contributed by atoms with E-state index in [9.17, 15) is 13.2 Å². The molecule has 0 aliphatic heterocycles. The standard InChI is InChI=1S/C14H12BrNO4S/c1-20-14(17)10-5-6-12(16-8-10)9-21(18,19)13-4-2-3-11(15)7-13/h2-8H,9H2,1H3. The summed E-state index contributed by atoms with van der Waals surface area (Å²) in [6, 6.07) is 9.47. The van der Waals surface area contributed by atoms with E-state index in [1.807, 2.05) is 0 Å². The third-order valence-corrected chi connectivity index (χ3v) is 4.88. The number of methoxy groups -OCH3 is 1. The summed E-state index contributed by atoms with van der Waals surface area (Å²) >= 11 is 3.24. The quantitative estimate of drug-likeness (QED) is 0.774. The summed E-state index contributed by atoms with van der Waals surface area (Å²) in [7, 11) is -2.21. The number of halogens is 1. The number of hydrogen-bond donors (Lipinski definition) is 0. The van der Waals surface area contributed by atoms with Crippen molar-refractivity contribution in [3.05, 3.63) is 58.3 Å². The maximum absolute atomic E-state index is 12.3. The van der Waals surface area contributed by atoms with Crippen LogP contribution in [0.1, 0.15) is 16.1 Å². The Labute approximate surface area is 131 Å². The summed E-state index contributed by atoms with van der Waals surface area (Å²) < 4.78 is 29.8. The molecule has 21 heavy (non-hydrogen) atoms. The Kier molecular flexibility index (Phi) is 4.74. The lowest BCUT2D eigenvalue weighted by Gasteiger charge is -2.05. The molecule has 0 radical (unpaired) electrons. The average molecular weight is 370 g/mol. The second-order valence-corrected chi connectivity index (χ2v) is 7.15. The Morgan fingerprint density at radius 3 is 2.62 bits per heavy atom. The molecule has 0 aliphatic carbocycles. The van der Waals surface area contributed by atoms with Crippen molar-refractivity contribution in [3.8, 4) is 0 Å². The molecule has 5 nitrogen and oxygen atoms in total. The smallest absolute Gasteiger partial charge is 0.339 e. The van der Waals surface area contributed by atoms with Crippen molar-refractivity contribution in [2.24, 2.45) is 0 Å². The van der Waals surface area contributed by atoms with Crippen LogP contribution in [0, 0.1) is 0 Å². The lowest BCUT2D eigenvalue weighted by molar-refractivity contribution is 0.0600. The van der Waals surface area contributed by atoms with E-state index in [1.54, 1.807) is 12.1 Å². The van der Waals surface area contributed by atoms with Gasteiger partial charge in [0, 0.05) is 10.7 Å². The Balaban J connectivity index is 2.23. The van der Waals surface area contributed by atoms with Gasteiger partial charge in [-0.25, -0.2) is 13.2 Å². The fourth-order valence-corrected chi connectivity index (χ4v) is 3.56. The van der Waals surface area contributed by atoms with Crippen molar-refractivity contribution in [1.82, 2.24) is 4.98 Å². The third-order valence-electron chi connectivity index (χ3n) is 2.74. The van der Waals surface area contributed by atoms with Gasteiger partial charge in [0.25, 0.3) is 0 Å². The highest BCUT2D eigenvalue weighted by atomic mass is 79.9. The van der Waals surface area contributed by atoms with Gasteiger partial charge in [0.1, 0.15) is 0 Å². The molecule has 110 valence electrons. The van der Waals surface area contributed by atoms with Gasteiger partial charge in [-0.3, -0.25) is 4.98 Å². The number of carbonyl (C=O) groups excluding carboxylic acids is 1. The van der Waals surface area contributed by atoms with Gasteiger partial charge in [-0.1, -0.05) is 22.0 Å². The number of nitrogens with zero attached hydrogens (tertiary/aromatic N) is 1. The minimum atomic E-state index is -3.48. The van der Waals surface area contributed by atoms with Crippen LogP contribution in [0.2, 0.25) is 0 Å². The molecule has 2 aromatic rings. The van der Waals surface area contributed by atoms with Crippen LogP contribution >= 0.6 is 15.9 Å². The molecule has 2 rings (SSSR count). The number of pyridine rings is 1. The first-order valence-corrected chi connectivity index (χ1v) is 8.38. The fraction of sp³-hybridized carbons (Fsp3) is 0.143. The van der Waals surface area contributed by atoms with Gasteiger partial charge in [-0.2, -0.15) is 0 Å². The van der Waals surface area contributed by atoms with Crippen LogP contribution in [-0.2, 0) is 20.3 Å². The Morgan fingerprint density at radius 2 is 2.05 bits per heavy atom. The molecule has 1 aromatic carbocycles. The highest BCUT2D eigenvalue weighted by Crippen LogP contribution is 2.19. The molecule has 0 saturated carbocycles. The minimum Gasteiger partial charge on any atom is -0.465 e. The van der Waals surface area contributed by atoms with E-state index >= 15 is 0 Å². The zero-order valence-corrected chi connectivity index (χ0v) is 13.5. The van der Waals surface area contributed by atoms with Gasteiger partial charge in [0.05, 0.1) is 29.0 Å². The monoisotopic (exact) mass is 369 g/mol. The fourth-order valence-electron chi connectivity index (χ4n) is 1.69. The molecule has 7 heteroatoms. The number of hydrogen-bond acceptors (Lipinski definition) is 5. The van der Waals surface area contributed by atoms with Crippen LogP contribution < -0.4 is 0 Å². The van der Waals surface area contributed by atoms with Gasteiger partial charge in [-0.15, -0.1) is 0 Å². The lowest BCUT2D eigenvalue weighted by Crippen LogP contribution is -2.08. The van der Waals surface area contributed by atoms with Crippen LogP contribution in [0.15, 0.2) is 52.0 Å². The summed E-state index contributed by atoms with van der Waals surface area (Å²) in [5.74, 6) is -0.742. The average Bonchev–Trinajstić information content (AvgIpc) is 2.47. The summed E-state index contributed by atoms with van der Waals surface area (Å²) in [6.07, 6.45) is 1.30. The predicted octanol–water partition coefficient (Wildman–Crippen LogP) is 2.60. The maximum Gasteiger partial charge on any atom is 0.339 e.